The normalized spacial score (nSPS) is 45.0. The summed E-state index contributed by atoms with van der Waals surface area (Å²) < 4.78 is 2.40. The van der Waals surface area contributed by atoms with Crippen molar-refractivity contribution < 1.29 is 0 Å². The Kier molecular flexibility index (Phi) is 2.41. The minimum absolute atomic E-state index is 0.503. The molecule has 1 atom stereocenters. The lowest BCUT2D eigenvalue weighted by atomic mass is 9.54. The van der Waals surface area contributed by atoms with Crippen LogP contribution in [0.3, 0.4) is 0 Å². The summed E-state index contributed by atoms with van der Waals surface area (Å²) in [5, 5.41) is 8.47. The summed E-state index contributed by atoms with van der Waals surface area (Å²) in [5.41, 5.74) is 2.86. The van der Waals surface area contributed by atoms with Crippen molar-refractivity contribution in [3.8, 4) is 0 Å². The fourth-order valence-corrected chi connectivity index (χ4v) is 6.13. The molecule has 3 heteroatoms. The molecule has 0 amide bonds. The van der Waals surface area contributed by atoms with Crippen molar-refractivity contribution in [2.45, 2.75) is 57.0 Å². The second-order valence-corrected chi connectivity index (χ2v) is 7.82. The number of nitrogens with one attached hydrogen (secondary N) is 1. The number of aromatic nitrogens is 2. The molecule has 0 aliphatic heterocycles. The van der Waals surface area contributed by atoms with Gasteiger partial charge in [-0.05, 0) is 81.2 Å². The third-order valence-electron chi connectivity index (χ3n) is 6.70. The smallest absolute Gasteiger partial charge is 0.0826 e. The van der Waals surface area contributed by atoms with Crippen molar-refractivity contribution >= 4 is 0 Å². The number of hydrogen-bond acceptors (Lipinski definition) is 2. The van der Waals surface area contributed by atoms with E-state index in [1.165, 1.54) is 56.2 Å². The second-order valence-electron chi connectivity index (χ2n) is 7.82. The molecule has 5 aliphatic rings. The molecule has 4 saturated carbocycles. The molecule has 20 heavy (non-hydrogen) atoms. The van der Waals surface area contributed by atoms with Gasteiger partial charge in [0.2, 0.25) is 0 Å². The summed E-state index contributed by atoms with van der Waals surface area (Å²) in [6.45, 7) is 0. The van der Waals surface area contributed by atoms with Gasteiger partial charge in [0.15, 0.2) is 0 Å². The zero-order chi connectivity index (χ0) is 13.3. The van der Waals surface area contributed by atoms with Gasteiger partial charge in [-0.15, -0.1) is 0 Å². The van der Waals surface area contributed by atoms with Gasteiger partial charge in [-0.25, -0.2) is 0 Å². The highest BCUT2D eigenvalue weighted by Gasteiger charge is 2.49. The van der Waals surface area contributed by atoms with Crippen molar-refractivity contribution in [3.05, 3.63) is 17.5 Å². The minimum Gasteiger partial charge on any atom is -0.312 e. The van der Waals surface area contributed by atoms with Crippen molar-refractivity contribution in [1.29, 1.82) is 0 Å². The van der Waals surface area contributed by atoms with Crippen molar-refractivity contribution in [3.63, 3.8) is 0 Å². The molecule has 1 aromatic rings. The molecule has 4 bridgehead atoms. The van der Waals surface area contributed by atoms with Crippen LogP contribution in [0, 0.1) is 23.7 Å². The molecule has 4 fully saturated rings. The Bertz CT molecular complexity index is 504. The average molecular weight is 271 g/mol. The van der Waals surface area contributed by atoms with Crippen LogP contribution in [0.25, 0.3) is 0 Å². The molecule has 1 heterocycles. The summed E-state index contributed by atoms with van der Waals surface area (Å²) >= 11 is 0. The molecule has 0 aromatic carbocycles. The van der Waals surface area contributed by atoms with Crippen LogP contribution in [0.5, 0.6) is 0 Å². The third-order valence-corrected chi connectivity index (χ3v) is 6.70. The highest BCUT2D eigenvalue weighted by Crippen LogP contribution is 2.58. The van der Waals surface area contributed by atoms with E-state index in [0.29, 0.717) is 6.04 Å². The average Bonchev–Trinajstić information content (AvgIpc) is 2.97. The van der Waals surface area contributed by atoms with Gasteiger partial charge in [0.1, 0.15) is 0 Å². The zero-order valence-electron chi connectivity index (χ0n) is 12.4. The van der Waals surface area contributed by atoms with Crippen LogP contribution < -0.4 is 5.32 Å². The first-order chi connectivity index (χ1) is 9.81. The SMILES string of the molecule is CNC1CCc2cn(C3C4CC5CC(C4)CC3C5)nc21. The lowest BCUT2D eigenvalue weighted by molar-refractivity contribution is -0.0338. The molecule has 1 N–H and O–H groups in total. The Morgan fingerprint density at radius 3 is 2.45 bits per heavy atom. The highest BCUT2D eigenvalue weighted by atomic mass is 15.3. The van der Waals surface area contributed by atoms with E-state index in [0.717, 1.165) is 29.7 Å². The number of hydrogen-bond donors (Lipinski definition) is 1. The zero-order valence-corrected chi connectivity index (χ0v) is 12.4. The van der Waals surface area contributed by atoms with E-state index in [-0.39, 0.29) is 0 Å². The molecule has 0 saturated heterocycles. The fraction of sp³-hybridized carbons (Fsp3) is 0.824. The molecule has 1 unspecified atom stereocenters. The predicted molar refractivity (Wildman–Crippen MR) is 78.4 cm³/mol. The van der Waals surface area contributed by atoms with E-state index in [1.807, 2.05) is 0 Å². The molecule has 5 aliphatic carbocycles. The van der Waals surface area contributed by atoms with E-state index in [9.17, 15) is 0 Å². The number of aryl methyl sites for hydroxylation is 1. The Hall–Kier alpha value is -0.830. The maximum absolute atomic E-state index is 5.04. The molecular formula is C17H25N3. The quantitative estimate of drug-likeness (QED) is 0.896. The Labute approximate surface area is 121 Å². The lowest BCUT2D eigenvalue weighted by Crippen LogP contribution is -2.46. The summed E-state index contributed by atoms with van der Waals surface area (Å²) in [4.78, 5) is 0. The summed E-state index contributed by atoms with van der Waals surface area (Å²) in [6.07, 6.45) is 12.3. The van der Waals surface area contributed by atoms with E-state index in [1.54, 1.807) is 0 Å². The summed E-state index contributed by atoms with van der Waals surface area (Å²) in [6, 6.07) is 1.23. The number of nitrogens with zero attached hydrogens (tertiary/aromatic N) is 2. The molecule has 1 aromatic heterocycles. The topological polar surface area (TPSA) is 29.9 Å². The van der Waals surface area contributed by atoms with E-state index >= 15 is 0 Å². The van der Waals surface area contributed by atoms with Crippen LogP contribution in [-0.4, -0.2) is 16.8 Å². The van der Waals surface area contributed by atoms with Crippen molar-refractivity contribution in [2.75, 3.05) is 7.05 Å². The highest BCUT2D eigenvalue weighted by molar-refractivity contribution is 5.26. The van der Waals surface area contributed by atoms with Crippen molar-refractivity contribution in [1.82, 2.24) is 15.1 Å². The summed E-state index contributed by atoms with van der Waals surface area (Å²) in [7, 11) is 2.07. The summed E-state index contributed by atoms with van der Waals surface area (Å²) in [5.74, 6) is 3.97. The minimum atomic E-state index is 0.503. The van der Waals surface area contributed by atoms with E-state index < -0.39 is 0 Å². The Morgan fingerprint density at radius 1 is 1.10 bits per heavy atom. The standard InChI is InChI=1S/C17H25N3/c1-18-15-3-2-12-9-20(19-16(12)15)17-13-5-10-4-11(7-13)8-14(17)6-10/h9-11,13-15,17-18H,2-8H2,1H3. The number of rotatable bonds is 2. The third kappa shape index (κ3) is 1.53. The molecule has 0 spiro atoms. The monoisotopic (exact) mass is 271 g/mol. The van der Waals surface area contributed by atoms with Crippen LogP contribution in [0.2, 0.25) is 0 Å². The maximum Gasteiger partial charge on any atom is 0.0826 e. The number of fused-ring (bicyclic) bond motifs is 1. The largest absolute Gasteiger partial charge is 0.312 e. The van der Waals surface area contributed by atoms with Crippen molar-refractivity contribution in [2.24, 2.45) is 23.7 Å². The molecule has 6 rings (SSSR count). The van der Waals surface area contributed by atoms with Gasteiger partial charge < -0.3 is 5.32 Å². The van der Waals surface area contributed by atoms with E-state index in [2.05, 4.69) is 23.2 Å². The van der Waals surface area contributed by atoms with Crippen LogP contribution in [0.4, 0.5) is 0 Å². The van der Waals surface area contributed by atoms with E-state index in [4.69, 9.17) is 5.10 Å². The van der Waals surface area contributed by atoms with Gasteiger partial charge >= 0.3 is 0 Å². The lowest BCUT2D eigenvalue weighted by Gasteiger charge is -2.54. The van der Waals surface area contributed by atoms with Crippen LogP contribution >= 0.6 is 0 Å². The first kappa shape index (κ1) is 11.8. The first-order valence-corrected chi connectivity index (χ1v) is 8.57. The first-order valence-electron chi connectivity index (χ1n) is 8.57. The molecule has 3 nitrogen and oxygen atoms in total. The van der Waals surface area contributed by atoms with Gasteiger partial charge in [0.25, 0.3) is 0 Å². The predicted octanol–water partition coefficient (Wildman–Crippen LogP) is 3.09. The molecule has 108 valence electrons. The van der Waals surface area contributed by atoms with Gasteiger partial charge in [-0.1, -0.05) is 0 Å². The van der Waals surface area contributed by atoms with Gasteiger partial charge in [0, 0.05) is 6.20 Å². The van der Waals surface area contributed by atoms with Gasteiger partial charge in [-0.3, -0.25) is 4.68 Å². The van der Waals surface area contributed by atoms with Crippen LogP contribution in [-0.2, 0) is 6.42 Å². The molecule has 0 radical (unpaired) electrons. The van der Waals surface area contributed by atoms with Gasteiger partial charge in [0.05, 0.1) is 17.8 Å². The second kappa shape index (κ2) is 4.09. The Balaban J connectivity index is 1.49. The van der Waals surface area contributed by atoms with Crippen LogP contribution in [0.15, 0.2) is 6.20 Å². The molecular weight excluding hydrogens is 246 g/mol. The Morgan fingerprint density at radius 2 is 1.80 bits per heavy atom. The van der Waals surface area contributed by atoms with Crippen LogP contribution in [0.1, 0.15) is 61.9 Å². The fourth-order valence-electron chi connectivity index (χ4n) is 6.13. The maximum atomic E-state index is 5.04. The van der Waals surface area contributed by atoms with Gasteiger partial charge in [-0.2, -0.15) is 5.10 Å².